The Kier molecular flexibility index (Phi) is 4.44. The van der Waals surface area contributed by atoms with Gasteiger partial charge in [0.15, 0.2) is 0 Å². The molecule has 5 nitrogen and oxygen atoms in total. The van der Waals surface area contributed by atoms with E-state index in [4.69, 9.17) is 26.8 Å². The molecule has 6 heteroatoms. The zero-order valence-electron chi connectivity index (χ0n) is 13.8. The van der Waals surface area contributed by atoms with E-state index in [-0.39, 0.29) is 5.95 Å². The predicted octanol–water partition coefficient (Wildman–Crippen LogP) is 4.11. The molecule has 124 valence electrons. The molecule has 0 amide bonds. The molecule has 2 N–H and O–H groups in total. The second-order valence-corrected chi connectivity index (χ2v) is 5.68. The Bertz CT molecular complexity index is 912. The second-order valence-electron chi connectivity index (χ2n) is 5.30. The fourth-order valence-electron chi connectivity index (χ4n) is 2.83. The van der Waals surface area contributed by atoms with Gasteiger partial charge in [-0.05, 0) is 24.1 Å². The van der Waals surface area contributed by atoms with E-state index in [0.29, 0.717) is 10.8 Å². The smallest absolute Gasteiger partial charge is 0.220 e. The summed E-state index contributed by atoms with van der Waals surface area (Å²) in [6.45, 7) is 2.06. The molecule has 0 bridgehead atoms. The molecule has 0 saturated carbocycles. The summed E-state index contributed by atoms with van der Waals surface area (Å²) in [5, 5.41) is 1.45. The molecular formula is C18H18ClN3O2. The van der Waals surface area contributed by atoms with Crippen molar-refractivity contribution in [3.05, 3.63) is 41.0 Å². The summed E-state index contributed by atoms with van der Waals surface area (Å²) >= 11 is 6.60. The number of benzene rings is 2. The first kappa shape index (κ1) is 16.3. The zero-order chi connectivity index (χ0) is 17.3. The highest BCUT2D eigenvalue weighted by molar-refractivity contribution is 6.35. The summed E-state index contributed by atoms with van der Waals surface area (Å²) in [7, 11) is 3.23. The Labute approximate surface area is 145 Å². The lowest BCUT2D eigenvalue weighted by molar-refractivity contribution is 0.392. The van der Waals surface area contributed by atoms with Crippen LogP contribution >= 0.6 is 11.6 Å². The fraction of sp³-hybridized carbons (Fsp3) is 0.222. The third-order valence-electron chi connectivity index (χ3n) is 3.98. The fourth-order valence-corrected chi connectivity index (χ4v) is 3.19. The number of nitrogens with two attached hydrogens (primary N) is 1. The van der Waals surface area contributed by atoms with Crippen molar-refractivity contribution in [3.63, 3.8) is 0 Å². The third kappa shape index (κ3) is 2.71. The summed E-state index contributed by atoms with van der Waals surface area (Å²) in [4.78, 5) is 8.29. The van der Waals surface area contributed by atoms with Gasteiger partial charge in [-0.15, -0.1) is 0 Å². The SMILES string of the molecule is CCc1c(OC)cc(OC)c(Cl)c1-c1ccc2nc(N)ncc2c1. The van der Waals surface area contributed by atoms with Crippen molar-refractivity contribution >= 4 is 28.5 Å². The van der Waals surface area contributed by atoms with Crippen LogP contribution in [0.2, 0.25) is 5.02 Å². The maximum atomic E-state index is 6.60. The molecule has 1 aromatic heterocycles. The van der Waals surface area contributed by atoms with E-state index >= 15 is 0 Å². The van der Waals surface area contributed by atoms with Crippen molar-refractivity contribution in [2.75, 3.05) is 20.0 Å². The van der Waals surface area contributed by atoms with Crippen molar-refractivity contribution in [2.45, 2.75) is 13.3 Å². The molecule has 1 heterocycles. The van der Waals surface area contributed by atoms with E-state index in [1.54, 1.807) is 20.4 Å². The van der Waals surface area contributed by atoms with Crippen molar-refractivity contribution in [2.24, 2.45) is 0 Å². The summed E-state index contributed by atoms with van der Waals surface area (Å²) in [5.41, 5.74) is 9.31. The van der Waals surface area contributed by atoms with Crippen LogP contribution in [0.3, 0.4) is 0 Å². The molecule has 0 aliphatic carbocycles. The van der Waals surface area contributed by atoms with Gasteiger partial charge >= 0.3 is 0 Å². The quantitative estimate of drug-likeness (QED) is 0.771. The Morgan fingerprint density at radius 1 is 1.12 bits per heavy atom. The second kappa shape index (κ2) is 6.53. The van der Waals surface area contributed by atoms with E-state index in [9.17, 15) is 0 Å². The highest BCUT2D eigenvalue weighted by Gasteiger charge is 2.19. The number of methoxy groups -OCH3 is 2. The summed E-state index contributed by atoms with van der Waals surface area (Å²) in [6.07, 6.45) is 2.48. The first-order chi connectivity index (χ1) is 11.6. The van der Waals surface area contributed by atoms with E-state index in [2.05, 4.69) is 16.9 Å². The van der Waals surface area contributed by atoms with Crippen molar-refractivity contribution < 1.29 is 9.47 Å². The van der Waals surface area contributed by atoms with Gasteiger partial charge < -0.3 is 15.2 Å². The topological polar surface area (TPSA) is 70.3 Å². The molecule has 0 saturated heterocycles. The highest BCUT2D eigenvalue weighted by atomic mass is 35.5. The predicted molar refractivity (Wildman–Crippen MR) is 96.9 cm³/mol. The van der Waals surface area contributed by atoms with Gasteiger partial charge in [0, 0.05) is 28.8 Å². The van der Waals surface area contributed by atoms with Crippen LogP contribution in [-0.4, -0.2) is 24.2 Å². The molecule has 24 heavy (non-hydrogen) atoms. The van der Waals surface area contributed by atoms with Crippen molar-refractivity contribution in [1.82, 2.24) is 9.97 Å². The lowest BCUT2D eigenvalue weighted by Gasteiger charge is -2.18. The first-order valence-electron chi connectivity index (χ1n) is 7.55. The number of nitrogen functional groups attached to an aromatic ring is 1. The van der Waals surface area contributed by atoms with Gasteiger partial charge in [-0.1, -0.05) is 24.6 Å². The van der Waals surface area contributed by atoms with Crippen LogP contribution in [0.4, 0.5) is 5.95 Å². The van der Waals surface area contributed by atoms with Gasteiger partial charge in [-0.3, -0.25) is 0 Å². The zero-order valence-corrected chi connectivity index (χ0v) is 14.5. The van der Waals surface area contributed by atoms with Crippen LogP contribution < -0.4 is 15.2 Å². The van der Waals surface area contributed by atoms with Gasteiger partial charge in [0.2, 0.25) is 5.95 Å². The number of hydrogen-bond donors (Lipinski definition) is 1. The number of ether oxygens (including phenoxy) is 2. The normalized spacial score (nSPS) is 10.8. The third-order valence-corrected chi connectivity index (χ3v) is 4.35. The van der Waals surface area contributed by atoms with Gasteiger partial charge in [-0.2, -0.15) is 0 Å². The summed E-state index contributed by atoms with van der Waals surface area (Å²) in [6, 6.07) is 7.68. The monoisotopic (exact) mass is 343 g/mol. The van der Waals surface area contributed by atoms with E-state index in [0.717, 1.165) is 39.8 Å². The molecular weight excluding hydrogens is 326 g/mol. The Hall–Kier alpha value is -2.53. The van der Waals surface area contributed by atoms with Gasteiger partial charge in [0.05, 0.1) is 24.8 Å². The number of rotatable bonds is 4. The van der Waals surface area contributed by atoms with Crippen LogP contribution in [0.25, 0.3) is 22.0 Å². The molecule has 0 aliphatic rings. The van der Waals surface area contributed by atoms with E-state index in [1.165, 1.54) is 0 Å². The lowest BCUT2D eigenvalue weighted by atomic mass is 9.95. The molecule has 2 aromatic carbocycles. The Morgan fingerprint density at radius 3 is 2.54 bits per heavy atom. The number of halogens is 1. The Morgan fingerprint density at radius 2 is 1.88 bits per heavy atom. The maximum absolute atomic E-state index is 6.60. The lowest BCUT2D eigenvalue weighted by Crippen LogP contribution is -1.99. The van der Waals surface area contributed by atoms with Crippen molar-refractivity contribution in [3.8, 4) is 22.6 Å². The van der Waals surface area contributed by atoms with Crippen LogP contribution in [0, 0.1) is 0 Å². The van der Waals surface area contributed by atoms with Crippen molar-refractivity contribution in [1.29, 1.82) is 0 Å². The van der Waals surface area contributed by atoms with Crippen LogP contribution in [0.5, 0.6) is 11.5 Å². The molecule has 0 aliphatic heterocycles. The number of anilines is 1. The number of aromatic nitrogens is 2. The summed E-state index contributed by atoms with van der Waals surface area (Å²) < 4.78 is 10.9. The molecule has 3 aromatic rings. The van der Waals surface area contributed by atoms with E-state index in [1.807, 2.05) is 24.3 Å². The molecule has 0 atom stereocenters. The van der Waals surface area contributed by atoms with Gasteiger partial charge in [0.1, 0.15) is 11.5 Å². The minimum atomic E-state index is 0.255. The minimum Gasteiger partial charge on any atom is -0.496 e. The molecule has 0 spiro atoms. The largest absolute Gasteiger partial charge is 0.496 e. The standard InChI is InChI=1S/C18H18ClN3O2/c1-4-12-14(23-2)8-15(24-3)17(19)16(12)10-5-6-13-11(7-10)9-21-18(20)22-13/h5-9H,4H2,1-3H3,(H2,20,21,22). The average Bonchev–Trinajstić information content (AvgIpc) is 2.60. The maximum Gasteiger partial charge on any atom is 0.220 e. The number of nitrogens with zero attached hydrogens (tertiary/aromatic N) is 2. The number of hydrogen-bond acceptors (Lipinski definition) is 5. The molecule has 0 radical (unpaired) electrons. The Balaban J connectivity index is 2.29. The van der Waals surface area contributed by atoms with Gasteiger partial charge in [0.25, 0.3) is 0 Å². The van der Waals surface area contributed by atoms with Crippen LogP contribution in [-0.2, 0) is 6.42 Å². The molecule has 3 rings (SSSR count). The van der Waals surface area contributed by atoms with Crippen LogP contribution in [0.1, 0.15) is 12.5 Å². The van der Waals surface area contributed by atoms with Gasteiger partial charge in [-0.25, -0.2) is 9.97 Å². The van der Waals surface area contributed by atoms with Crippen LogP contribution in [0.15, 0.2) is 30.5 Å². The van der Waals surface area contributed by atoms with E-state index < -0.39 is 0 Å². The molecule has 0 fully saturated rings. The number of fused-ring (bicyclic) bond motifs is 1. The highest BCUT2D eigenvalue weighted by Crippen LogP contribution is 2.43. The molecule has 0 unspecified atom stereocenters. The minimum absolute atomic E-state index is 0.255. The average molecular weight is 344 g/mol. The summed E-state index contributed by atoms with van der Waals surface area (Å²) in [5.74, 6) is 1.59. The first-order valence-corrected chi connectivity index (χ1v) is 7.92.